The van der Waals surface area contributed by atoms with E-state index in [4.69, 9.17) is 28.5 Å². The van der Waals surface area contributed by atoms with E-state index in [1.54, 1.807) is 12.3 Å². The van der Waals surface area contributed by atoms with Gasteiger partial charge in [-0.15, -0.1) is 0 Å². The molecule has 0 bridgehead atoms. The van der Waals surface area contributed by atoms with Crippen LogP contribution in [0.25, 0.3) is 0 Å². The molecule has 3 nitrogen and oxygen atoms in total. The molecule has 1 unspecified atom stereocenters. The third-order valence-corrected chi connectivity index (χ3v) is 5.07. The molecular formula is C20H25Cl2N3. The third-order valence-electron chi connectivity index (χ3n) is 4.51. The second-order valence-electron chi connectivity index (χ2n) is 6.49. The molecule has 0 saturated carbocycles. The van der Waals surface area contributed by atoms with Gasteiger partial charge in [0.1, 0.15) is 6.07 Å². The van der Waals surface area contributed by atoms with Crippen molar-refractivity contribution in [2.24, 2.45) is 0 Å². The lowest BCUT2D eigenvalue weighted by Gasteiger charge is -2.18. The summed E-state index contributed by atoms with van der Waals surface area (Å²) < 4.78 is 0. The van der Waals surface area contributed by atoms with Crippen molar-refractivity contribution in [2.75, 3.05) is 0 Å². The molecule has 0 aliphatic rings. The molecule has 5 heteroatoms. The number of nitrogens with one attached hydrogen (secondary N) is 1. The fourth-order valence-corrected chi connectivity index (χ4v) is 3.72. The van der Waals surface area contributed by atoms with Crippen molar-refractivity contribution in [3.63, 3.8) is 0 Å². The van der Waals surface area contributed by atoms with Crippen LogP contribution in [0.4, 0.5) is 0 Å². The highest BCUT2D eigenvalue weighted by Gasteiger charge is 2.17. The first-order valence-electron chi connectivity index (χ1n) is 9.03. The van der Waals surface area contributed by atoms with Crippen LogP contribution in [0.2, 0.25) is 10.0 Å². The zero-order chi connectivity index (χ0) is 18.1. The number of halogens is 2. The van der Waals surface area contributed by atoms with E-state index in [1.807, 2.05) is 18.2 Å². The fourth-order valence-electron chi connectivity index (χ4n) is 3.16. The molecule has 0 fully saturated rings. The van der Waals surface area contributed by atoms with E-state index in [1.165, 1.54) is 38.5 Å². The van der Waals surface area contributed by atoms with Gasteiger partial charge in [-0.2, -0.15) is 5.26 Å². The normalized spacial score (nSPS) is 12.1. The predicted molar refractivity (Wildman–Crippen MR) is 104 cm³/mol. The van der Waals surface area contributed by atoms with Crippen molar-refractivity contribution in [2.45, 2.75) is 64.2 Å². The summed E-state index contributed by atoms with van der Waals surface area (Å²) in [6, 6.07) is 7.76. The quantitative estimate of drug-likeness (QED) is 0.470. The minimum absolute atomic E-state index is 0.294. The second-order valence-corrected chi connectivity index (χ2v) is 7.34. The number of imidazole rings is 1. The van der Waals surface area contributed by atoms with E-state index < -0.39 is 0 Å². The summed E-state index contributed by atoms with van der Waals surface area (Å²) in [5.74, 6) is 0.651. The molecule has 134 valence electrons. The highest BCUT2D eigenvalue weighted by Crippen LogP contribution is 2.33. The average Bonchev–Trinajstić information content (AvgIpc) is 3.05. The Morgan fingerprint density at radius 2 is 1.92 bits per heavy atom. The summed E-state index contributed by atoms with van der Waals surface area (Å²) in [5, 5.41) is 10.3. The second kappa shape index (κ2) is 10.5. The average molecular weight is 378 g/mol. The predicted octanol–water partition coefficient (Wildman–Crippen LogP) is 6.67. The summed E-state index contributed by atoms with van der Waals surface area (Å²) in [4.78, 5) is 7.15. The SMILES string of the molecule is CCCCCCCCC(Cc1cnc(C#N)[nH]1)c1ccc(Cl)cc1Cl. The molecule has 0 spiro atoms. The van der Waals surface area contributed by atoms with Crippen LogP contribution in [0.1, 0.15) is 74.9 Å². The zero-order valence-electron chi connectivity index (χ0n) is 14.7. The first kappa shape index (κ1) is 19.8. The molecule has 0 aliphatic carbocycles. The number of benzene rings is 1. The number of aromatic nitrogens is 2. The maximum atomic E-state index is 8.94. The summed E-state index contributed by atoms with van der Waals surface area (Å²) >= 11 is 12.5. The Labute approximate surface area is 160 Å². The smallest absolute Gasteiger partial charge is 0.210 e. The molecule has 25 heavy (non-hydrogen) atoms. The van der Waals surface area contributed by atoms with Crippen molar-refractivity contribution < 1.29 is 0 Å². The summed E-state index contributed by atoms with van der Waals surface area (Å²) in [6.45, 7) is 2.23. The first-order chi connectivity index (χ1) is 12.1. The van der Waals surface area contributed by atoms with E-state index >= 15 is 0 Å². The van der Waals surface area contributed by atoms with E-state index in [9.17, 15) is 0 Å². The highest BCUT2D eigenvalue weighted by molar-refractivity contribution is 6.35. The highest BCUT2D eigenvalue weighted by atomic mass is 35.5. The van der Waals surface area contributed by atoms with Gasteiger partial charge >= 0.3 is 0 Å². The zero-order valence-corrected chi connectivity index (χ0v) is 16.2. The lowest BCUT2D eigenvalue weighted by Crippen LogP contribution is -2.05. The van der Waals surface area contributed by atoms with Crippen LogP contribution in [-0.4, -0.2) is 9.97 Å². The van der Waals surface area contributed by atoms with Gasteiger partial charge in [0.2, 0.25) is 5.82 Å². The maximum Gasteiger partial charge on any atom is 0.210 e. The van der Waals surface area contributed by atoms with Crippen LogP contribution in [0.3, 0.4) is 0 Å². The van der Waals surface area contributed by atoms with Gasteiger partial charge in [0.25, 0.3) is 0 Å². The van der Waals surface area contributed by atoms with Crippen LogP contribution in [-0.2, 0) is 6.42 Å². The molecule has 0 saturated heterocycles. The van der Waals surface area contributed by atoms with Crippen molar-refractivity contribution in [1.82, 2.24) is 9.97 Å². The van der Waals surface area contributed by atoms with Crippen LogP contribution in [0.15, 0.2) is 24.4 Å². The molecule has 0 radical (unpaired) electrons. The molecule has 1 aromatic carbocycles. The third kappa shape index (κ3) is 6.38. The minimum Gasteiger partial charge on any atom is -0.333 e. The Morgan fingerprint density at radius 1 is 1.16 bits per heavy atom. The number of nitriles is 1. The molecule has 1 aromatic heterocycles. The Morgan fingerprint density at radius 3 is 2.60 bits per heavy atom. The number of H-pyrrole nitrogens is 1. The first-order valence-corrected chi connectivity index (χ1v) is 9.78. The summed E-state index contributed by atoms with van der Waals surface area (Å²) in [7, 11) is 0. The molecule has 2 rings (SSSR count). The number of hydrogen-bond acceptors (Lipinski definition) is 2. The van der Waals surface area contributed by atoms with Crippen molar-refractivity contribution in [3.8, 4) is 6.07 Å². The fraction of sp³-hybridized carbons (Fsp3) is 0.500. The lowest BCUT2D eigenvalue weighted by atomic mass is 9.89. The Kier molecular flexibility index (Phi) is 8.31. The molecule has 1 N–H and O–H groups in total. The lowest BCUT2D eigenvalue weighted by molar-refractivity contribution is 0.534. The topological polar surface area (TPSA) is 52.5 Å². The van der Waals surface area contributed by atoms with Gasteiger partial charge < -0.3 is 4.98 Å². The Balaban J connectivity index is 2.04. The van der Waals surface area contributed by atoms with Crippen LogP contribution in [0.5, 0.6) is 0 Å². The van der Waals surface area contributed by atoms with Gasteiger partial charge in [0.05, 0.1) is 0 Å². The number of aromatic amines is 1. The Hall–Kier alpha value is -1.50. The van der Waals surface area contributed by atoms with Crippen LogP contribution >= 0.6 is 23.2 Å². The van der Waals surface area contributed by atoms with Gasteiger partial charge in [-0.25, -0.2) is 4.98 Å². The molecule has 0 aliphatic heterocycles. The summed E-state index contributed by atoms with van der Waals surface area (Å²) in [5.41, 5.74) is 2.09. The van der Waals surface area contributed by atoms with Crippen molar-refractivity contribution in [1.29, 1.82) is 5.26 Å². The van der Waals surface area contributed by atoms with E-state index in [0.29, 0.717) is 21.8 Å². The van der Waals surface area contributed by atoms with Crippen LogP contribution < -0.4 is 0 Å². The minimum atomic E-state index is 0.294. The van der Waals surface area contributed by atoms with Crippen LogP contribution in [0, 0.1) is 11.3 Å². The van der Waals surface area contributed by atoms with Crippen molar-refractivity contribution >= 4 is 23.2 Å². The number of unbranched alkanes of at least 4 members (excludes halogenated alkanes) is 5. The Bertz CT molecular complexity index is 703. The number of rotatable bonds is 10. The molecular weight excluding hydrogens is 353 g/mol. The van der Waals surface area contributed by atoms with Gasteiger partial charge in [-0.1, -0.05) is 74.7 Å². The maximum absolute atomic E-state index is 8.94. The molecule has 0 amide bonds. The summed E-state index contributed by atoms with van der Waals surface area (Å²) in [6.07, 6.45) is 11.2. The molecule has 1 heterocycles. The number of nitrogens with zero attached hydrogens (tertiary/aromatic N) is 2. The van der Waals surface area contributed by atoms with E-state index in [0.717, 1.165) is 24.1 Å². The largest absolute Gasteiger partial charge is 0.333 e. The van der Waals surface area contributed by atoms with E-state index in [2.05, 4.69) is 16.9 Å². The van der Waals surface area contributed by atoms with E-state index in [-0.39, 0.29) is 0 Å². The molecule has 2 aromatic rings. The number of hydrogen-bond donors (Lipinski definition) is 1. The van der Waals surface area contributed by atoms with Gasteiger partial charge in [0.15, 0.2) is 0 Å². The van der Waals surface area contributed by atoms with Crippen molar-refractivity contribution in [3.05, 3.63) is 51.5 Å². The standard InChI is InChI=1S/C20H25Cl2N3/c1-2-3-4-5-6-7-8-15(11-17-14-24-20(13-23)25-17)18-10-9-16(21)12-19(18)22/h9-10,12,14-15H,2-8,11H2,1H3,(H,24,25). The van der Waals surface area contributed by atoms with Gasteiger partial charge in [-0.3, -0.25) is 0 Å². The monoisotopic (exact) mass is 377 g/mol. The molecule has 1 atom stereocenters. The van der Waals surface area contributed by atoms with Gasteiger partial charge in [0, 0.05) is 21.9 Å². The van der Waals surface area contributed by atoms with Gasteiger partial charge in [-0.05, 0) is 36.5 Å².